The maximum atomic E-state index is 2.36. The second-order valence-electron chi connectivity index (χ2n) is 7.02. The molecule has 0 radical (unpaired) electrons. The molecule has 3 aromatic rings. The van der Waals surface area contributed by atoms with Gasteiger partial charge in [-0.05, 0) is 0 Å². The molecule has 4 rings (SSSR count). The van der Waals surface area contributed by atoms with E-state index < -0.39 is 0 Å². The van der Waals surface area contributed by atoms with Crippen LogP contribution >= 0.6 is 0 Å². The summed E-state index contributed by atoms with van der Waals surface area (Å²) in [7, 11) is 1.07. The Morgan fingerprint density at radius 3 is 1.75 bits per heavy atom. The van der Waals surface area contributed by atoms with Crippen LogP contribution in [0.1, 0.15) is 25.0 Å². The Hall–Kier alpha value is -0.799. The monoisotopic (exact) mass is 478 g/mol. The Bertz CT molecular complexity index is 983. The predicted molar refractivity (Wildman–Crippen MR) is 107 cm³/mol. The average molecular weight is 480 g/mol. The van der Waals surface area contributed by atoms with Crippen LogP contribution in [0.3, 0.4) is 0 Å². The van der Waals surface area contributed by atoms with Crippen LogP contribution in [0, 0.1) is 0 Å². The summed E-state index contributed by atoms with van der Waals surface area (Å²) in [6.07, 6.45) is 0. The number of fused-ring (bicyclic) bond motifs is 1. The van der Waals surface area contributed by atoms with Gasteiger partial charge >= 0.3 is 165 Å². The van der Waals surface area contributed by atoms with E-state index in [-0.39, 0.29) is 40.9 Å². The predicted octanol–water partition coefficient (Wildman–Crippen LogP) is -4.10. The molecule has 0 saturated heterocycles. The zero-order chi connectivity index (χ0) is 17.6. The molecule has 0 nitrogen and oxygen atoms in total. The number of rotatable bonds is 2. The molecule has 0 amide bonds. The van der Waals surface area contributed by atoms with Crippen molar-refractivity contribution in [2.45, 2.75) is 17.6 Å². The van der Waals surface area contributed by atoms with E-state index in [4.69, 9.17) is 0 Å². The van der Waals surface area contributed by atoms with Crippen molar-refractivity contribution in [3.8, 4) is 22.3 Å². The fraction of sp³-hybridized carbons (Fsp3) is 0.130. The zero-order valence-corrected chi connectivity index (χ0v) is 21.9. The first-order valence-electron chi connectivity index (χ1n) is 8.73. The molecule has 1 unspecified atom stereocenters. The van der Waals surface area contributed by atoms with E-state index in [1.165, 1.54) is 39.0 Å². The van der Waals surface area contributed by atoms with Gasteiger partial charge in [-0.2, -0.15) is 0 Å². The Kier molecular flexibility index (Phi) is 8.84. The third kappa shape index (κ3) is 4.07. The molecule has 0 spiro atoms. The number of hydrogen-bond acceptors (Lipinski definition) is 0. The van der Waals surface area contributed by atoms with Crippen LogP contribution in [0.25, 0.3) is 27.5 Å². The zero-order valence-electron chi connectivity index (χ0n) is 16.1. The van der Waals surface area contributed by atoms with Crippen molar-refractivity contribution in [2.24, 2.45) is 0 Å². The van der Waals surface area contributed by atoms with E-state index in [0.717, 1.165) is 10.2 Å². The van der Waals surface area contributed by atoms with E-state index in [2.05, 4.69) is 107 Å². The summed E-state index contributed by atoms with van der Waals surface area (Å²) in [6.45, 7) is 4.68. The van der Waals surface area contributed by atoms with E-state index in [1.54, 1.807) is 5.20 Å². The van der Waals surface area contributed by atoms with Crippen LogP contribution in [-0.4, -0.2) is 10.2 Å². The normalized spacial score (nSPS) is 17.3. The fourth-order valence-electron chi connectivity index (χ4n) is 3.94. The van der Waals surface area contributed by atoms with Crippen molar-refractivity contribution in [2.75, 3.05) is 0 Å². The Morgan fingerprint density at radius 1 is 0.714 bits per heavy atom. The fourth-order valence-corrected chi connectivity index (χ4v) is 5.96. The smallest absolute Gasteiger partial charge is 1.00 e. The van der Waals surface area contributed by atoms with Crippen molar-refractivity contribution in [3.05, 3.63) is 89.5 Å². The molecule has 0 heterocycles. The quantitative estimate of drug-likeness (QED) is 0.328. The minimum Gasteiger partial charge on any atom is -1.00 e. The standard InChI is InChI=1S/C23H21Si.3ClH.Ti/c1-15-16(2)23(24)22-19(15)13-14-20(17-9-5-3-6-10-17)21(22)18-11-7-4-8-12-18;;;;/h3-14H,1-2,24H3;3*1H;/q;;;;+3/p-3. The van der Waals surface area contributed by atoms with Gasteiger partial charge in [-0.1, -0.05) is 0 Å². The van der Waals surface area contributed by atoms with Crippen molar-refractivity contribution in [1.82, 2.24) is 0 Å². The van der Waals surface area contributed by atoms with Crippen LogP contribution in [0.5, 0.6) is 0 Å². The molecule has 0 aromatic heterocycles. The molecular weight excluding hydrogens is 459 g/mol. The molecule has 0 fully saturated rings. The van der Waals surface area contributed by atoms with Gasteiger partial charge in [-0.15, -0.1) is 0 Å². The van der Waals surface area contributed by atoms with E-state index >= 15 is 0 Å². The summed E-state index contributed by atoms with van der Waals surface area (Å²) in [5, 5.41) is 1.57. The van der Waals surface area contributed by atoms with E-state index in [9.17, 15) is 0 Å². The summed E-state index contributed by atoms with van der Waals surface area (Å²) in [5.41, 5.74) is 9.86. The van der Waals surface area contributed by atoms with E-state index in [1.807, 2.05) is 0 Å². The first kappa shape index (κ1) is 25.2. The van der Waals surface area contributed by atoms with Crippen LogP contribution in [-0.2, 0) is 24.2 Å². The molecule has 3 aromatic carbocycles. The van der Waals surface area contributed by atoms with Crippen LogP contribution in [0.2, 0.25) is 0 Å². The van der Waals surface area contributed by atoms with Gasteiger partial charge in [0.2, 0.25) is 0 Å². The van der Waals surface area contributed by atoms with Crippen LogP contribution in [0.15, 0.2) is 78.4 Å². The number of halogens is 3. The maximum Gasteiger partial charge on any atom is -1.00 e. The average Bonchev–Trinajstić information content (AvgIpc) is 2.83. The minimum absolute atomic E-state index is 0. The summed E-state index contributed by atoms with van der Waals surface area (Å²) >= 11 is 2.36. The molecule has 142 valence electrons. The van der Waals surface area contributed by atoms with Gasteiger partial charge in [0.05, 0.1) is 0 Å². The van der Waals surface area contributed by atoms with Gasteiger partial charge in [-0.3, -0.25) is 0 Å². The van der Waals surface area contributed by atoms with Gasteiger partial charge in [0.15, 0.2) is 0 Å². The molecule has 0 N–H and O–H groups in total. The third-order valence-corrected chi connectivity index (χ3v) is 7.83. The van der Waals surface area contributed by atoms with Crippen molar-refractivity contribution in [1.29, 1.82) is 0 Å². The molecule has 0 bridgehead atoms. The summed E-state index contributed by atoms with van der Waals surface area (Å²) in [6, 6.07) is 26.4. The summed E-state index contributed by atoms with van der Waals surface area (Å²) < 4.78 is 0.130. The van der Waals surface area contributed by atoms with Crippen LogP contribution < -0.4 is 37.2 Å². The van der Waals surface area contributed by atoms with Gasteiger partial charge in [-0.25, -0.2) is 0 Å². The SMILES string of the molecule is CC1=C([SiH3])c2c(ccc(-c3ccccc3)c2-c2ccccc2)[C]1(C)[Ti+3].[Cl-].[Cl-].[Cl-]. The molecule has 0 saturated carbocycles. The Balaban J connectivity index is 0.00000131. The van der Waals surface area contributed by atoms with Crippen molar-refractivity contribution < 1.29 is 57.7 Å². The maximum absolute atomic E-state index is 2.36. The van der Waals surface area contributed by atoms with Gasteiger partial charge in [0, 0.05) is 0 Å². The van der Waals surface area contributed by atoms with Gasteiger partial charge < -0.3 is 37.2 Å². The topological polar surface area (TPSA) is 0 Å². The van der Waals surface area contributed by atoms with Gasteiger partial charge in [0.25, 0.3) is 0 Å². The number of hydrogen-bond donors (Lipinski definition) is 0. The first-order chi connectivity index (χ1) is 12.0. The summed E-state index contributed by atoms with van der Waals surface area (Å²) in [5.74, 6) is 0. The van der Waals surface area contributed by atoms with Gasteiger partial charge in [0.1, 0.15) is 0 Å². The van der Waals surface area contributed by atoms with Crippen molar-refractivity contribution >= 4 is 15.4 Å². The minimum atomic E-state index is 0. The molecular formula is C23H21Cl3SiTi. The Morgan fingerprint density at radius 2 is 1.21 bits per heavy atom. The summed E-state index contributed by atoms with van der Waals surface area (Å²) in [4.78, 5) is 0. The third-order valence-electron chi connectivity index (χ3n) is 5.58. The molecule has 1 aliphatic rings. The first-order valence-corrected chi connectivity index (χ1v) is 10.5. The number of benzene rings is 3. The Labute approximate surface area is 201 Å². The molecule has 1 aliphatic carbocycles. The number of allylic oxidation sites excluding steroid dienone is 1. The largest absolute Gasteiger partial charge is 1.00 e. The van der Waals surface area contributed by atoms with Crippen molar-refractivity contribution in [3.63, 3.8) is 0 Å². The van der Waals surface area contributed by atoms with Crippen LogP contribution in [0.4, 0.5) is 0 Å². The molecule has 28 heavy (non-hydrogen) atoms. The second-order valence-corrected chi connectivity index (χ2v) is 9.58. The molecule has 0 aliphatic heterocycles. The molecule has 1 atom stereocenters. The molecule has 5 heteroatoms. The van der Waals surface area contributed by atoms with E-state index in [0.29, 0.717) is 0 Å². The second kappa shape index (κ2) is 9.80.